The monoisotopic (exact) mass is 342 g/mol. The van der Waals surface area contributed by atoms with Gasteiger partial charge in [-0.3, -0.25) is 14.9 Å². The summed E-state index contributed by atoms with van der Waals surface area (Å²) in [6.45, 7) is 3.77. The van der Waals surface area contributed by atoms with Gasteiger partial charge in [0.2, 0.25) is 11.9 Å². The number of rotatable bonds is 5. The number of anilines is 1. The third-order valence-electron chi connectivity index (χ3n) is 3.61. The van der Waals surface area contributed by atoms with Crippen LogP contribution < -0.4 is 10.6 Å². The van der Waals surface area contributed by atoms with E-state index in [0.29, 0.717) is 10.8 Å². The Morgan fingerprint density at radius 2 is 1.96 bits per heavy atom. The third-order valence-corrected chi connectivity index (χ3v) is 4.48. The van der Waals surface area contributed by atoms with Crippen molar-refractivity contribution in [3.63, 3.8) is 0 Å². The molecular formula is C17H18N4O2S. The summed E-state index contributed by atoms with van der Waals surface area (Å²) in [5.74, 6) is -0.229. The minimum absolute atomic E-state index is 0.0571. The number of hydrogen-bond donors (Lipinski definition) is 3. The van der Waals surface area contributed by atoms with E-state index in [4.69, 9.17) is 0 Å². The molecule has 0 aliphatic carbocycles. The van der Waals surface area contributed by atoms with E-state index in [2.05, 4.69) is 20.6 Å². The quantitative estimate of drug-likeness (QED) is 0.666. The van der Waals surface area contributed by atoms with Crippen LogP contribution in [0.5, 0.6) is 0 Å². The molecule has 3 aromatic rings. The summed E-state index contributed by atoms with van der Waals surface area (Å²) in [4.78, 5) is 32.7. The van der Waals surface area contributed by atoms with Crippen LogP contribution in [0, 0.1) is 5.92 Å². The number of aromatic amines is 1. The average Bonchev–Trinajstić information content (AvgIpc) is 3.20. The van der Waals surface area contributed by atoms with Crippen molar-refractivity contribution in [2.75, 3.05) is 5.32 Å². The van der Waals surface area contributed by atoms with Gasteiger partial charge in [-0.05, 0) is 29.5 Å². The third kappa shape index (κ3) is 3.46. The smallest absolute Gasteiger partial charge is 0.262 e. The molecule has 1 unspecified atom stereocenters. The standard InChI is InChI=1S/C17H18N4O2S/c1-10(2)14(20-15(22)13-8-5-9-24-13)16(23)21-17-18-11-6-3-4-7-12(11)19-17/h3-10,14H,1-2H3,(H,20,22)(H2,18,19,21,23). The second-order valence-electron chi connectivity index (χ2n) is 5.76. The van der Waals surface area contributed by atoms with Gasteiger partial charge in [-0.2, -0.15) is 0 Å². The van der Waals surface area contributed by atoms with E-state index in [1.54, 1.807) is 12.1 Å². The van der Waals surface area contributed by atoms with E-state index < -0.39 is 6.04 Å². The molecule has 2 heterocycles. The molecule has 124 valence electrons. The zero-order valence-corrected chi connectivity index (χ0v) is 14.2. The summed E-state index contributed by atoms with van der Waals surface area (Å²) in [6, 6.07) is 10.4. The Bertz CT molecular complexity index is 821. The fourth-order valence-corrected chi connectivity index (χ4v) is 2.99. The molecule has 1 atom stereocenters. The van der Waals surface area contributed by atoms with Crippen molar-refractivity contribution in [1.82, 2.24) is 15.3 Å². The fraction of sp³-hybridized carbons (Fsp3) is 0.235. The summed E-state index contributed by atoms with van der Waals surface area (Å²) in [7, 11) is 0. The van der Waals surface area contributed by atoms with Crippen LogP contribution in [-0.2, 0) is 4.79 Å². The highest BCUT2D eigenvalue weighted by Crippen LogP contribution is 2.15. The minimum atomic E-state index is -0.646. The zero-order valence-electron chi connectivity index (χ0n) is 13.4. The van der Waals surface area contributed by atoms with Crippen molar-refractivity contribution in [3.8, 4) is 0 Å². The number of carbonyl (C=O) groups is 2. The largest absolute Gasteiger partial charge is 0.339 e. The predicted octanol–water partition coefficient (Wildman–Crippen LogP) is 3.02. The van der Waals surface area contributed by atoms with Gasteiger partial charge in [0.15, 0.2) is 0 Å². The van der Waals surface area contributed by atoms with Crippen molar-refractivity contribution < 1.29 is 9.59 Å². The Balaban J connectivity index is 1.73. The normalized spacial score (nSPS) is 12.3. The number of para-hydroxylation sites is 2. The lowest BCUT2D eigenvalue weighted by Crippen LogP contribution is -2.47. The van der Waals surface area contributed by atoms with Crippen molar-refractivity contribution >= 4 is 40.1 Å². The van der Waals surface area contributed by atoms with Crippen molar-refractivity contribution in [3.05, 3.63) is 46.7 Å². The fourth-order valence-electron chi connectivity index (χ4n) is 2.36. The maximum absolute atomic E-state index is 12.6. The second kappa shape index (κ2) is 6.84. The molecule has 3 rings (SSSR count). The van der Waals surface area contributed by atoms with Crippen LogP contribution in [0.4, 0.5) is 5.95 Å². The molecule has 3 N–H and O–H groups in total. The average molecular weight is 342 g/mol. The van der Waals surface area contributed by atoms with Gasteiger partial charge in [-0.15, -0.1) is 11.3 Å². The first kappa shape index (κ1) is 16.2. The number of fused-ring (bicyclic) bond motifs is 1. The molecule has 2 aromatic heterocycles. The molecule has 24 heavy (non-hydrogen) atoms. The van der Waals surface area contributed by atoms with Crippen molar-refractivity contribution in [1.29, 1.82) is 0 Å². The Kier molecular flexibility index (Phi) is 4.61. The Morgan fingerprint density at radius 3 is 2.62 bits per heavy atom. The van der Waals surface area contributed by atoms with Crippen LogP contribution in [0.1, 0.15) is 23.5 Å². The Morgan fingerprint density at radius 1 is 1.17 bits per heavy atom. The van der Waals surface area contributed by atoms with Gasteiger partial charge in [0.05, 0.1) is 15.9 Å². The van der Waals surface area contributed by atoms with Crippen LogP contribution >= 0.6 is 11.3 Å². The number of nitrogens with zero attached hydrogens (tertiary/aromatic N) is 1. The van der Waals surface area contributed by atoms with Crippen molar-refractivity contribution in [2.24, 2.45) is 5.92 Å². The lowest BCUT2D eigenvalue weighted by Gasteiger charge is -2.20. The van der Waals surface area contributed by atoms with E-state index in [1.165, 1.54) is 11.3 Å². The maximum atomic E-state index is 12.6. The summed E-state index contributed by atoms with van der Waals surface area (Å²) in [5.41, 5.74) is 1.62. The van der Waals surface area contributed by atoms with Gasteiger partial charge in [-0.1, -0.05) is 32.0 Å². The molecule has 6 nitrogen and oxygen atoms in total. The number of amides is 2. The molecule has 0 aliphatic heterocycles. The number of hydrogen-bond acceptors (Lipinski definition) is 4. The van der Waals surface area contributed by atoms with E-state index >= 15 is 0 Å². The van der Waals surface area contributed by atoms with Crippen LogP contribution in [0.3, 0.4) is 0 Å². The molecule has 2 amide bonds. The lowest BCUT2D eigenvalue weighted by atomic mass is 10.0. The molecule has 0 spiro atoms. The van der Waals surface area contributed by atoms with Gasteiger partial charge in [0, 0.05) is 0 Å². The Hall–Kier alpha value is -2.67. The lowest BCUT2D eigenvalue weighted by molar-refractivity contribution is -0.118. The molecule has 0 saturated heterocycles. The molecule has 0 aliphatic rings. The highest BCUT2D eigenvalue weighted by molar-refractivity contribution is 7.12. The van der Waals surface area contributed by atoms with Gasteiger partial charge in [-0.25, -0.2) is 4.98 Å². The molecule has 0 fully saturated rings. The van der Waals surface area contributed by atoms with Gasteiger partial charge >= 0.3 is 0 Å². The van der Waals surface area contributed by atoms with Gasteiger partial charge in [0.1, 0.15) is 6.04 Å². The highest BCUT2D eigenvalue weighted by Gasteiger charge is 2.25. The number of thiophene rings is 1. The van der Waals surface area contributed by atoms with Crippen LogP contribution in [0.2, 0.25) is 0 Å². The summed E-state index contributed by atoms with van der Waals surface area (Å²) in [5, 5.41) is 7.36. The van der Waals surface area contributed by atoms with Crippen molar-refractivity contribution in [2.45, 2.75) is 19.9 Å². The van der Waals surface area contributed by atoms with Gasteiger partial charge in [0.25, 0.3) is 5.91 Å². The second-order valence-corrected chi connectivity index (χ2v) is 6.71. The van der Waals surface area contributed by atoms with Crippen LogP contribution in [0.25, 0.3) is 11.0 Å². The molecular weight excluding hydrogens is 324 g/mol. The number of nitrogens with one attached hydrogen (secondary N) is 3. The summed E-state index contributed by atoms with van der Waals surface area (Å²) < 4.78 is 0. The Labute approximate surface area is 143 Å². The number of aromatic nitrogens is 2. The van der Waals surface area contributed by atoms with E-state index in [9.17, 15) is 9.59 Å². The highest BCUT2D eigenvalue weighted by atomic mass is 32.1. The van der Waals surface area contributed by atoms with E-state index in [1.807, 2.05) is 43.5 Å². The molecule has 1 aromatic carbocycles. The van der Waals surface area contributed by atoms with Crippen LogP contribution in [0.15, 0.2) is 41.8 Å². The molecule has 0 bridgehead atoms. The zero-order chi connectivity index (χ0) is 17.1. The molecule has 0 radical (unpaired) electrons. The number of carbonyl (C=O) groups excluding carboxylic acids is 2. The number of H-pyrrole nitrogens is 1. The topological polar surface area (TPSA) is 86.9 Å². The first-order valence-corrected chi connectivity index (χ1v) is 8.52. The summed E-state index contributed by atoms with van der Waals surface area (Å²) >= 11 is 1.34. The van der Waals surface area contributed by atoms with Crippen LogP contribution in [-0.4, -0.2) is 27.8 Å². The van der Waals surface area contributed by atoms with Gasteiger partial charge < -0.3 is 10.3 Å². The summed E-state index contributed by atoms with van der Waals surface area (Å²) in [6.07, 6.45) is 0. The maximum Gasteiger partial charge on any atom is 0.262 e. The minimum Gasteiger partial charge on any atom is -0.339 e. The van der Waals surface area contributed by atoms with E-state index in [-0.39, 0.29) is 17.7 Å². The first-order valence-electron chi connectivity index (χ1n) is 7.64. The first-order chi connectivity index (χ1) is 11.5. The predicted molar refractivity (Wildman–Crippen MR) is 95.1 cm³/mol. The SMILES string of the molecule is CC(C)C(NC(=O)c1cccs1)C(=O)Nc1nc2ccccc2[nH]1. The number of benzene rings is 1. The molecule has 0 saturated carbocycles. The number of imidazole rings is 1. The van der Waals surface area contributed by atoms with E-state index in [0.717, 1.165) is 11.0 Å². The molecule has 7 heteroatoms.